The lowest BCUT2D eigenvalue weighted by Gasteiger charge is -2.25. The van der Waals surface area contributed by atoms with Gasteiger partial charge in [0.05, 0.1) is 6.54 Å². The first kappa shape index (κ1) is 15.5. The number of carbonyl (C=O) groups excluding carboxylic acids is 1. The zero-order valence-electron chi connectivity index (χ0n) is 12.7. The van der Waals surface area contributed by atoms with Crippen LogP contribution in [0.5, 0.6) is 0 Å². The molecule has 0 aromatic carbocycles. The number of fused-ring (bicyclic) bond motifs is 1. The van der Waals surface area contributed by atoms with E-state index in [9.17, 15) is 4.79 Å². The number of rotatable bonds is 5. The summed E-state index contributed by atoms with van der Waals surface area (Å²) >= 11 is 6.13. The molecule has 0 radical (unpaired) electrons. The minimum absolute atomic E-state index is 0.0584. The Labute approximate surface area is 128 Å². The van der Waals surface area contributed by atoms with Crippen molar-refractivity contribution in [3.63, 3.8) is 0 Å². The first-order chi connectivity index (χ1) is 9.99. The number of amides is 1. The molecule has 0 bridgehead atoms. The van der Waals surface area contributed by atoms with E-state index in [-0.39, 0.29) is 12.5 Å². The van der Waals surface area contributed by atoms with Crippen LogP contribution in [0.25, 0.3) is 5.78 Å². The maximum Gasteiger partial charge on any atom is 0.255 e. The summed E-state index contributed by atoms with van der Waals surface area (Å²) < 4.78 is 1.59. The van der Waals surface area contributed by atoms with Crippen molar-refractivity contribution in [3.8, 4) is 0 Å². The maximum atomic E-state index is 12.2. The van der Waals surface area contributed by atoms with E-state index in [1.165, 1.54) is 6.33 Å². The molecule has 7 nitrogen and oxygen atoms in total. The van der Waals surface area contributed by atoms with Gasteiger partial charge in [0.25, 0.3) is 5.78 Å². The molecule has 0 atom stereocenters. The van der Waals surface area contributed by atoms with Crippen LogP contribution in [0.1, 0.15) is 19.4 Å². The second-order valence-electron chi connectivity index (χ2n) is 4.75. The van der Waals surface area contributed by atoms with Gasteiger partial charge in [0.15, 0.2) is 0 Å². The van der Waals surface area contributed by atoms with Crippen LogP contribution in [0.15, 0.2) is 6.33 Å². The molecule has 0 aliphatic heterocycles. The normalized spacial score (nSPS) is 10.9. The van der Waals surface area contributed by atoms with Gasteiger partial charge in [0, 0.05) is 25.7 Å². The Balaban J connectivity index is 2.35. The molecule has 0 saturated heterocycles. The van der Waals surface area contributed by atoms with Crippen molar-refractivity contribution in [1.29, 1.82) is 0 Å². The highest BCUT2D eigenvalue weighted by molar-refractivity contribution is 6.30. The fourth-order valence-electron chi connectivity index (χ4n) is 2.29. The van der Waals surface area contributed by atoms with Crippen molar-refractivity contribution in [2.45, 2.75) is 20.8 Å². The van der Waals surface area contributed by atoms with E-state index in [1.807, 2.05) is 32.7 Å². The summed E-state index contributed by atoms with van der Waals surface area (Å²) in [6.07, 6.45) is 1.42. The number of hydrogen-bond donors (Lipinski definition) is 0. The number of aromatic nitrogens is 4. The Morgan fingerprint density at radius 2 is 2.05 bits per heavy atom. The predicted octanol–water partition coefficient (Wildman–Crippen LogP) is 1.39. The van der Waals surface area contributed by atoms with Gasteiger partial charge in [0.1, 0.15) is 17.3 Å². The van der Waals surface area contributed by atoms with Crippen molar-refractivity contribution >= 4 is 29.1 Å². The number of likely N-dealkylation sites (N-methyl/N-ethyl adjacent to an activating group) is 2. The molecule has 0 N–H and O–H groups in total. The van der Waals surface area contributed by atoms with Gasteiger partial charge < -0.3 is 9.80 Å². The van der Waals surface area contributed by atoms with E-state index >= 15 is 0 Å². The van der Waals surface area contributed by atoms with Crippen molar-refractivity contribution in [3.05, 3.63) is 17.0 Å². The molecular weight excluding hydrogens is 292 g/mol. The van der Waals surface area contributed by atoms with Crippen molar-refractivity contribution < 1.29 is 4.79 Å². The highest BCUT2D eigenvalue weighted by atomic mass is 35.5. The van der Waals surface area contributed by atoms with Gasteiger partial charge in [-0.05, 0) is 20.8 Å². The van der Waals surface area contributed by atoms with Crippen molar-refractivity contribution in [1.82, 2.24) is 24.5 Å². The smallest absolute Gasteiger partial charge is 0.255 e. The second kappa shape index (κ2) is 6.26. The minimum atomic E-state index is 0.0584. The van der Waals surface area contributed by atoms with Gasteiger partial charge in [-0.3, -0.25) is 4.79 Å². The van der Waals surface area contributed by atoms with Gasteiger partial charge in [0.2, 0.25) is 5.91 Å². The largest absolute Gasteiger partial charge is 0.350 e. The predicted molar refractivity (Wildman–Crippen MR) is 81.7 cm³/mol. The molecule has 114 valence electrons. The molecular formula is C13H19ClN6O. The van der Waals surface area contributed by atoms with Gasteiger partial charge in [-0.2, -0.15) is 19.6 Å². The summed E-state index contributed by atoms with van der Waals surface area (Å²) in [5.74, 6) is 1.20. The van der Waals surface area contributed by atoms with Crippen LogP contribution in [0.2, 0.25) is 5.15 Å². The number of anilines is 1. The van der Waals surface area contributed by atoms with Gasteiger partial charge in [-0.25, -0.2) is 0 Å². The zero-order valence-corrected chi connectivity index (χ0v) is 13.4. The van der Waals surface area contributed by atoms with Crippen LogP contribution in [-0.4, -0.2) is 57.1 Å². The lowest BCUT2D eigenvalue weighted by molar-refractivity contribution is -0.129. The van der Waals surface area contributed by atoms with E-state index < -0.39 is 0 Å². The summed E-state index contributed by atoms with van der Waals surface area (Å²) in [7, 11) is 1.83. The summed E-state index contributed by atoms with van der Waals surface area (Å²) in [6, 6.07) is 0. The highest BCUT2D eigenvalue weighted by Gasteiger charge is 2.19. The molecule has 8 heteroatoms. The van der Waals surface area contributed by atoms with Gasteiger partial charge in [-0.15, -0.1) is 0 Å². The van der Waals surface area contributed by atoms with Crippen LogP contribution in [0, 0.1) is 6.92 Å². The highest BCUT2D eigenvalue weighted by Crippen LogP contribution is 2.24. The SMILES string of the molecule is CCN(CC)C(=O)CN(C)c1c(C)c(Cl)nc2ncnn12. The second-order valence-corrected chi connectivity index (χ2v) is 5.10. The number of carbonyl (C=O) groups is 1. The first-order valence-electron chi connectivity index (χ1n) is 6.84. The Morgan fingerprint density at radius 1 is 1.38 bits per heavy atom. The van der Waals surface area contributed by atoms with E-state index in [4.69, 9.17) is 11.6 Å². The Morgan fingerprint density at radius 3 is 2.67 bits per heavy atom. The van der Waals surface area contributed by atoms with Crippen molar-refractivity contribution in [2.24, 2.45) is 0 Å². The molecule has 0 unspecified atom stereocenters. The molecule has 0 aliphatic rings. The van der Waals surface area contributed by atoms with Gasteiger partial charge in [-0.1, -0.05) is 11.6 Å². The molecule has 2 rings (SSSR count). The van der Waals surface area contributed by atoms with Crippen LogP contribution in [-0.2, 0) is 4.79 Å². The third kappa shape index (κ3) is 2.92. The summed E-state index contributed by atoms with van der Waals surface area (Å²) in [5, 5.41) is 4.52. The van der Waals surface area contributed by atoms with Gasteiger partial charge >= 0.3 is 0 Å². The van der Waals surface area contributed by atoms with E-state index in [0.29, 0.717) is 24.0 Å². The minimum Gasteiger partial charge on any atom is -0.350 e. The quantitative estimate of drug-likeness (QED) is 0.781. The third-order valence-electron chi connectivity index (χ3n) is 3.42. The van der Waals surface area contributed by atoms with Crippen LogP contribution >= 0.6 is 11.6 Å². The van der Waals surface area contributed by atoms with Crippen LogP contribution in [0.3, 0.4) is 0 Å². The Bertz CT molecular complexity index is 651. The molecule has 0 fully saturated rings. The average molecular weight is 311 g/mol. The van der Waals surface area contributed by atoms with E-state index in [1.54, 1.807) is 9.42 Å². The van der Waals surface area contributed by atoms with E-state index in [2.05, 4.69) is 15.1 Å². The lowest BCUT2D eigenvalue weighted by Crippen LogP contribution is -2.39. The number of hydrogen-bond acceptors (Lipinski definition) is 5. The Hall–Kier alpha value is -1.89. The lowest BCUT2D eigenvalue weighted by atomic mass is 10.3. The van der Waals surface area contributed by atoms with Crippen LogP contribution < -0.4 is 4.90 Å². The summed E-state index contributed by atoms with van der Waals surface area (Å²) in [5.41, 5.74) is 0.768. The summed E-state index contributed by atoms with van der Waals surface area (Å²) in [4.78, 5) is 24.1. The van der Waals surface area contributed by atoms with E-state index in [0.717, 1.165) is 11.4 Å². The average Bonchev–Trinajstić information content (AvgIpc) is 2.88. The monoisotopic (exact) mass is 310 g/mol. The topological polar surface area (TPSA) is 66.6 Å². The fourth-order valence-corrected chi connectivity index (χ4v) is 2.45. The summed E-state index contributed by atoms with van der Waals surface area (Å²) in [6.45, 7) is 7.41. The van der Waals surface area contributed by atoms with Crippen LogP contribution in [0.4, 0.5) is 5.82 Å². The standard InChI is InChI=1S/C13H19ClN6O/c1-5-19(6-2)10(21)7-18(4)12-9(3)11(14)17-13-15-8-16-20(12)13/h8H,5-7H2,1-4H3. The third-order valence-corrected chi connectivity index (χ3v) is 3.79. The molecule has 0 saturated carbocycles. The molecule has 21 heavy (non-hydrogen) atoms. The molecule has 2 heterocycles. The molecule has 2 aromatic rings. The maximum absolute atomic E-state index is 12.2. The van der Waals surface area contributed by atoms with Crippen molar-refractivity contribution in [2.75, 3.05) is 31.6 Å². The molecule has 1 amide bonds. The zero-order chi connectivity index (χ0) is 15.6. The fraction of sp³-hybridized carbons (Fsp3) is 0.538. The first-order valence-corrected chi connectivity index (χ1v) is 7.22. The molecule has 0 aliphatic carbocycles. The number of nitrogens with zero attached hydrogens (tertiary/aromatic N) is 6. The molecule has 2 aromatic heterocycles. The number of halogens is 1. The Kier molecular flexibility index (Phi) is 4.62. The molecule has 0 spiro atoms.